The predicted molar refractivity (Wildman–Crippen MR) is 73.4 cm³/mol. The van der Waals surface area contributed by atoms with E-state index >= 15 is 0 Å². The van der Waals surface area contributed by atoms with Gasteiger partial charge in [-0.25, -0.2) is 0 Å². The first-order valence-electron chi connectivity index (χ1n) is 6.84. The van der Waals surface area contributed by atoms with E-state index in [1.807, 2.05) is 4.52 Å². The number of hydrogen-bond acceptors (Lipinski definition) is 6. The Morgan fingerprint density at radius 3 is 3.16 bits per heavy atom. The van der Waals surface area contributed by atoms with E-state index in [1.54, 1.807) is 11.3 Å². The van der Waals surface area contributed by atoms with E-state index in [9.17, 15) is 0 Å². The molecule has 2 aromatic heterocycles. The number of nitrogens with one attached hydrogen (secondary N) is 1. The molecule has 2 unspecified atom stereocenters. The van der Waals surface area contributed by atoms with Crippen LogP contribution in [0.5, 0.6) is 0 Å². The highest BCUT2D eigenvalue weighted by Crippen LogP contribution is 2.28. The van der Waals surface area contributed by atoms with E-state index in [0.717, 1.165) is 48.2 Å². The molecule has 0 aromatic carbocycles. The van der Waals surface area contributed by atoms with Crippen molar-refractivity contribution in [3.63, 3.8) is 0 Å². The Morgan fingerprint density at radius 1 is 1.53 bits per heavy atom. The first-order valence-corrected chi connectivity index (χ1v) is 7.65. The van der Waals surface area contributed by atoms with Crippen molar-refractivity contribution in [2.45, 2.75) is 45.3 Å². The van der Waals surface area contributed by atoms with Crippen LogP contribution in [0.2, 0.25) is 0 Å². The van der Waals surface area contributed by atoms with Gasteiger partial charge in [-0.15, -0.1) is 10.2 Å². The molecule has 0 radical (unpaired) electrons. The zero-order valence-electron chi connectivity index (χ0n) is 11.3. The Hall–Kier alpha value is -1.05. The fourth-order valence-corrected chi connectivity index (χ4v) is 3.39. The summed E-state index contributed by atoms with van der Waals surface area (Å²) >= 11 is 1.61. The second-order valence-electron chi connectivity index (χ2n) is 4.91. The molecule has 3 heterocycles. The maximum absolute atomic E-state index is 5.66. The average molecular weight is 281 g/mol. The van der Waals surface area contributed by atoms with Crippen molar-refractivity contribution in [3.05, 3.63) is 10.8 Å². The molecule has 0 aliphatic carbocycles. The summed E-state index contributed by atoms with van der Waals surface area (Å²) < 4.78 is 7.52. The van der Waals surface area contributed by atoms with Gasteiger partial charge >= 0.3 is 0 Å². The van der Waals surface area contributed by atoms with Crippen LogP contribution in [0.15, 0.2) is 0 Å². The second kappa shape index (κ2) is 5.52. The molecule has 1 aliphatic heterocycles. The standard InChI is InChI=1S/C12H19N5OS/c1-3-13-8(2)7-10-16-17-11(9-5-4-6-18-9)14-15-12(17)19-10/h8-9,13H,3-7H2,1-2H3. The van der Waals surface area contributed by atoms with Crippen molar-refractivity contribution in [1.29, 1.82) is 0 Å². The Labute approximate surface area is 116 Å². The first-order chi connectivity index (χ1) is 9.28. The van der Waals surface area contributed by atoms with Gasteiger partial charge in [0, 0.05) is 19.1 Å². The van der Waals surface area contributed by atoms with Gasteiger partial charge in [0.1, 0.15) is 11.1 Å². The lowest BCUT2D eigenvalue weighted by Gasteiger charge is -2.09. The van der Waals surface area contributed by atoms with E-state index in [-0.39, 0.29) is 6.10 Å². The van der Waals surface area contributed by atoms with Gasteiger partial charge < -0.3 is 10.1 Å². The van der Waals surface area contributed by atoms with E-state index in [4.69, 9.17) is 4.74 Å². The normalized spacial score (nSPS) is 21.3. The van der Waals surface area contributed by atoms with Crippen LogP contribution >= 0.6 is 11.3 Å². The minimum absolute atomic E-state index is 0.0659. The van der Waals surface area contributed by atoms with E-state index in [0.29, 0.717) is 6.04 Å². The van der Waals surface area contributed by atoms with Crippen molar-refractivity contribution < 1.29 is 4.74 Å². The summed E-state index contributed by atoms with van der Waals surface area (Å²) in [5.41, 5.74) is 0. The molecular formula is C12H19N5OS. The number of nitrogens with zero attached hydrogens (tertiary/aromatic N) is 4. The summed E-state index contributed by atoms with van der Waals surface area (Å²) in [4.78, 5) is 0.865. The number of rotatable bonds is 5. The Bertz CT molecular complexity index is 545. The summed E-state index contributed by atoms with van der Waals surface area (Å²) in [5.74, 6) is 0.853. The summed E-state index contributed by atoms with van der Waals surface area (Å²) in [5, 5.41) is 17.5. The molecule has 1 fully saturated rings. The molecule has 104 valence electrons. The summed E-state index contributed by atoms with van der Waals surface area (Å²) in [7, 11) is 0. The van der Waals surface area contributed by atoms with Gasteiger partial charge in [-0.2, -0.15) is 9.61 Å². The van der Waals surface area contributed by atoms with Crippen molar-refractivity contribution in [1.82, 2.24) is 25.1 Å². The van der Waals surface area contributed by atoms with Gasteiger partial charge in [0.25, 0.3) is 0 Å². The minimum atomic E-state index is 0.0659. The Kier molecular flexibility index (Phi) is 3.76. The Balaban J connectivity index is 1.81. The summed E-state index contributed by atoms with van der Waals surface area (Å²) in [6, 6.07) is 0.431. The third-order valence-electron chi connectivity index (χ3n) is 3.31. The lowest BCUT2D eigenvalue weighted by atomic mass is 10.2. The van der Waals surface area contributed by atoms with E-state index in [1.165, 1.54) is 0 Å². The van der Waals surface area contributed by atoms with Crippen LogP contribution in [0.3, 0.4) is 0 Å². The molecule has 0 saturated carbocycles. The van der Waals surface area contributed by atoms with Gasteiger partial charge in [0.15, 0.2) is 5.82 Å². The lowest BCUT2D eigenvalue weighted by Crippen LogP contribution is -2.27. The van der Waals surface area contributed by atoms with Crippen LogP contribution in [0.1, 0.15) is 43.6 Å². The average Bonchev–Trinajstić information content (AvgIpc) is 3.03. The molecule has 0 bridgehead atoms. The zero-order valence-corrected chi connectivity index (χ0v) is 12.1. The molecule has 1 aliphatic rings. The number of likely N-dealkylation sites (N-methyl/N-ethyl adjacent to an activating group) is 1. The van der Waals surface area contributed by atoms with Crippen LogP contribution in [-0.4, -0.2) is 39.0 Å². The molecule has 1 saturated heterocycles. The van der Waals surface area contributed by atoms with Crippen molar-refractivity contribution in [2.75, 3.05) is 13.2 Å². The second-order valence-corrected chi connectivity index (χ2v) is 5.95. The molecule has 3 rings (SSSR count). The van der Waals surface area contributed by atoms with Gasteiger partial charge in [0.05, 0.1) is 0 Å². The SMILES string of the molecule is CCNC(C)Cc1nn2c(C3CCCO3)nnc2s1. The number of hydrogen-bond donors (Lipinski definition) is 1. The molecule has 7 heteroatoms. The van der Waals surface area contributed by atoms with E-state index < -0.39 is 0 Å². The number of aromatic nitrogens is 4. The summed E-state index contributed by atoms with van der Waals surface area (Å²) in [6.07, 6.45) is 3.10. The van der Waals surface area contributed by atoms with Crippen LogP contribution in [0.25, 0.3) is 4.96 Å². The van der Waals surface area contributed by atoms with Crippen LogP contribution < -0.4 is 5.32 Å². The topological polar surface area (TPSA) is 64.3 Å². The Morgan fingerprint density at radius 2 is 2.42 bits per heavy atom. The highest BCUT2D eigenvalue weighted by molar-refractivity contribution is 7.16. The minimum Gasteiger partial charge on any atom is -0.370 e. The van der Waals surface area contributed by atoms with Gasteiger partial charge in [-0.3, -0.25) is 0 Å². The van der Waals surface area contributed by atoms with Crippen molar-refractivity contribution >= 4 is 16.3 Å². The fraction of sp³-hybridized carbons (Fsp3) is 0.750. The number of ether oxygens (including phenoxy) is 1. The van der Waals surface area contributed by atoms with Crippen molar-refractivity contribution in [2.24, 2.45) is 0 Å². The molecular weight excluding hydrogens is 262 g/mol. The highest BCUT2D eigenvalue weighted by atomic mass is 32.1. The quantitative estimate of drug-likeness (QED) is 0.901. The lowest BCUT2D eigenvalue weighted by molar-refractivity contribution is 0.103. The first kappa shape index (κ1) is 13.0. The summed E-state index contributed by atoms with van der Waals surface area (Å²) in [6.45, 7) is 6.08. The van der Waals surface area contributed by atoms with E-state index in [2.05, 4.69) is 34.5 Å². The molecule has 2 atom stereocenters. The molecule has 2 aromatic rings. The van der Waals surface area contributed by atoms with Gasteiger partial charge in [0.2, 0.25) is 4.96 Å². The van der Waals surface area contributed by atoms with Gasteiger partial charge in [-0.1, -0.05) is 18.3 Å². The molecule has 0 spiro atoms. The highest BCUT2D eigenvalue weighted by Gasteiger charge is 2.25. The number of fused-ring (bicyclic) bond motifs is 1. The predicted octanol–water partition coefficient (Wildman–Crippen LogP) is 1.58. The molecule has 19 heavy (non-hydrogen) atoms. The fourth-order valence-electron chi connectivity index (χ4n) is 2.42. The molecule has 1 N–H and O–H groups in total. The molecule has 0 amide bonds. The van der Waals surface area contributed by atoms with Crippen LogP contribution in [-0.2, 0) is 11.2 Å². The van der Waals surface area contributed by atoms with Crippen LogP contribution in [0, 0.1) is 0 Å². The molecule has 6 nitrogen and oxygen atoms in total. The smallest absolute Gasteiger partial charge is 0.234 e. The third-order valence-corrected chi connectivity index (χ3v) is 4.23. The van der Waals surface area contributed by atoms with Crippen molar-refractivity contribution in [3.8, 4) is 0 Å². The third kappa shape index (κ3) is 2.63. The maximum Gasteiger partial charge on any atom is 0.234 e. The monoisotopic (exact) mass is 281 g/mol. The maximum atomic E-state index is 5.66. The zero-order chi connectivity index (χ0) is 13.2. The largest absolute Gasteiger partial charge is 0.370 e. The van der Waals surface area contributed by atoms with Crippen LogP contribution in [0.4, 0.5) is 0 Å². The van der Waals surface area contributed by atoms with Gasteiger partial charge in [-0.05, 0) is 26.3 Å².